The molecule has 2 aromatic carbocycles. The summed E-state index contributed by atoms with van der Waals surface area (Å²) in [5.74, 6) is 0.550. The van der Waals surface area contributed by atoms with E-state index in [0.717, 1.165) is 11.3 Å². The number of carbonyl (C=O) groups excluding carboxylic acids is 1. The van der Waals surface area contributed by atoms with E-state index in [4.69, 9.17) is 16.3 Å². The van der Waals surface area contributed by atoms with Crippen LogP contribution in [0.4, 0.5) is 16.2 Å². The number of hydrogen-bond acceptors (Lipinski definition) is 2. The van der Waals surface area contributed by atoms with E-state index in [9.17, 15) is 4.79 Å². The lowest BCUT2D eigenvalue weighted by Gasteiger charge is -2.12. The Hall–Kier alpha value is -2.20. The summed E-state index contributed by atoms with van der Waals surface area (Å²) in [5, 5.41) is 6.02. The first-order valence-electron chi connectivity index (χ1n) is 6.07. The maximum Gasteiger partial charge on any atom is 0.323 e. The molecule has 104 valence electrons. The molecule has 0 spiro atoms. The van der Waals surface area contributed by atoms with Gasteiger partial charge < -0.3 is 15.4 Å². The zero-order valence-electron chi connectivity index (χ0n) is 11.2. The molecule has 0 unspecified atom stereocenters. The first kappa shape index (κ1) is 14.2. The van der Waals surface area contributed by atoms with Crippen LogP contribution in [0.3, 0.4) is 0 Å². The molecule has 0 atom stereocenters. The molecule has 2 aromatic rings. The van der Waals surface area contributed by atoms with Crippen molar-refractivity contribution in [2.24, 2.45) is 0 Å². The minimum Gasteiger partial charge on any atom is -0.495 e. The molecule has 2 N–H and O–H groups in total. The number of benzene rings is 2. The SMILES string of the molecule is COc1ccc(Cl)cc1NC(=O)Nc1ccccc1C. The van der Waals surface area contributed by atoms with Gasteiger partial charge in [-0.2, -0.15) is 0 Å². The molecule has 0 aliphatic heterocycles. The molecule has 0 heterocycles. The van der Waals surface area contributed by atoms with Gasteiger partial charge in [-0.1, -0.05) is 29.8 Å². The lowest BCUT2D eigenvalue weighted by molar-refractivity contribution is 0.262. The Labute approximate surface area is 122 Å². The van der Waals surface area contributed by atoms with Crippen molar-refractivity contribution in [2.75, 3.05) is 17.7 Å². The summed E-state index contributed by atoms with van der Waals surface area (Å²) >= 11 is 5.92. The molecular weight excluding hydrogens is 276 g/mol. The number of ether oxygens (including phenoxy) is 1. The maximum atomic E-state index is 12.0. The third kappa shape index (κ3) is 3.42. The number of para-hydroxylation sites is 1. The molecule has 0 bridgehead atoms. The molecule has 4 nitrogen and oxygen atoms in total. The predicted molar refractivity (Wildman–Crippen MR) is 81.8 cm³/mol. The molecule has 2 amide bonds. The maximum absolute atomic E-state index is 12.0. The van der Waals surface area contributed by atoms with Gasteiger partial charge in [0.2, 0.25) is 0 Å². The van der Waals surface area contributed by atoms with Gasteiger partial charge in [-0.05, 0) is 36.8 Å². The van der Waals surface area contributed by atoms with Crippen LogP contribution in [0.1, 0.15) is 5.56 Å². The summed E-state index contributed by atoms with van der Waals surface area (Å²) in [6.07, 6.45) is 0. The van der Waals surface area contributed by atoms with Crippen molar-refractivity contribution in [1.82, 2.24) is 0 Å². The van der Waals surface area contributed by atoms with Crippen LogP contribution in [0.2, 0.25) is 5.02 Å². The molecule has 0 saturated heterocycles. The van der Waals surface area contributed by atoms with Crippen molar-refractivity contribution in [2.45, 2.75) is 6.92 Å². The molecule has 2 rings (SSSR count). The summed E-state index contributed by atoms with van der Waals surface area (Å²) in [5.41, 5.74) is 2.26. The standard InChI is InChI=1S/C15H15ClN2O2/c1-10-5-3-4-6-12(10)17-15(19)18-13-9-11(16)7-8-14(13)20-2/h3-9H,1-2H3,(H2,17,18,19). The second kappa shape index (κ2) is 6.30. The third-order valence-electron chi connectivity index (χ3n) is 2.80. The topological polar surface area (TPSA) is 50.4 Å². The van der Waals surface area contributed by atoms with Gasteiger partial charge in [0.05, 0.1) is 12.8 Å². The highest BCUT2D eigenvalue weighted by Crippen LogP contribution is 2.27. The minimum absolute atomic E-state index is 0.347. The fourth-order valence-corrected chi connectivity index (χ4v) is 1.94. The number of nitrogens with one attached hydrogen (secondary N) is 2. The van der Waals surface area contributed by atoms with E-state index in [0.29, 0.717) is 16.5 Å². The first-order valence-corrected chi connectivity index (χ1v) is 6.45. The summed E-state index contributed by atoms with van der Waals surface area (Å²) in [6, 6.07) is 12.2. The Bertz CT molecular complexity index is 629. The number of amides is 2. The Morgan fingerprint density at radius 3 is 2.50 bits per heavy atom. The van der Waals surface area contributed by atoms with Gasteiger partial charge in [0.15, 0.2) is 0 Å². The quantitative estimate of drug-likeness (QED) is 0.885. The fraction of sp³-hybridized carbons (Fsp3) is 0.133. The minimum atomic E-state index is -0.347. The molecule has 0 radical (unpaired) electrons. The van der Waals surface area contributed by atoms with Crippen LogP contribution in [-0.2, 0) is 0 Å². The third-order valence-corrected chi connectivity index (χ3v) is 3.04. The van der Waals surface area contributed by atoms with Crippen molar-refractivity contribution >= 4 is 29.0 Å². The van der Waals surface area contributed by atoms with Gasteiger partial charge in [-0.3, -0.25) is 0 Å². The summed E-state index contributed by atoms with van der Waals surface area (Å²) in [4.78, 5) is 12.0. The van der Waals surface area contributed by atoms with Crippen molar-refractivity contribution in [1.29, 1.82) is 0 Å². The second-order valence-electron chi connectivity index (χ2n) is 4.24. The van der Waals surface area contributed by atoms with Crippen LogP contribution in [0.15, 0.2) is 42.5 Å². The van der Waals surface area contributed by atoms with Crippen molar-refractivity contribution in [3.8, 4) is 5.75 Å². The van der Waals surface area contributed by atoms with E-state index in [-0.39, 0.29) is 6.03 Å². The Balaban J connectivity index is 2.12. The van der Waals surface area contributed by atoms with E-state index >= 15 is 0 Å². The smallest absolute Gasteiger partial charge is 0.323 e. The molecule has 0 aliphatic carbocycles. The average molecular weight is 291 g/mol. The van der Waals surface area contributed by atoms with E-state index in [1.165, 1.54) is 7.11 Å². The van der Waals surface area contributed by atoms with Crippen LogP contribution in [-0.4, -0.2) is 13.1 Å². The number of rotatable bonds is 3. The fourth-order valence-electron chi connectivity index (χ4n) is 1.77. The van der Waals surface area contributed by atoms with Crippen molar-refractivity contribution in [3.63, 3.8) is 0 Å². The van der Waals surface area contributed by atoms with E-state index < -0.39 is 0 Å². The molecule has 0 saturated carbocycles. The highest BCUT2D eigenvalue weighted by Gasteiger charge is 2.09. The Morgan fingerprint density at radius 1 is 1.10 bits per heavy atom. The zero-order valence-corrected chi connectivity index (χ0v) is 12.0. The normalized spacial score (nSPS) is 9.95. The largest absolute Gasteiger partial charge is 0.495 e. The second-order valence-corrected chi connectivity index (χ2v) is 4.68. The van der Waals surface area contributed by atoms with Gasteiger partial charge in [0, 0.05) is 10.7 Å². The van der Waals surface area contributed by atoms with Gasteiger partial charge in [-0.15, -0.1) is 0 Å². The van der Waals surface area contributed by atoms with Crippen molar-refractivity contribution in [3.05, 3.63) is 53.1 Å². The van der Waals surface area contributed by atoms with Crippen LogP contribution < -0.4 is 15.4 Å². The monoisotopic (exact) mass is 290 g/mol. The van der Waals surface area contributed by atoms with E-state index in [1.807, 2.05) is 31.2 Å². The number of carbonyl (C=O) groups is 1. The Morgan fingerprint density at radius 2 is 1.80 bits per heavy atom. The molecule has 20 heavy (non-hydrogen) atoms. The summed E-state index contributed by atoms with van der Waals surface area (Å²) < 4.78 is 5.17. The van der Waals surface area contributed by atoms with Crippen LogP contribution >= 0.6 is 11.6 Å². The Kier molecular flexibility index (Phi) is 4.48. The first-order chi connectivity index (χ1) is 9.60. The molecular formula is C15H15ClN2O2. The number of hydrogen-bond donors (Lipinski definition) is 2. The molecule has 0 aromatic heterocycles. The average Bonchev–Trinajstić information content (AvgIpc) is 2.41. The lowest BCUT2D eigenvalue weighted by Crippen LogP contribution is -2.20. The lowest BCUT2D eigenvalue weighted by atomic mass is 10.2. The van der Waals surface area contributed by atoms with Crippen molar-refractivity contribution < 1.29 is 9.53 Å². The summed E-state index contributed by atoms with van der Waals surface area (Å²) in [6.45, 7) is 1.93. The van der Waals surface area contributed by atoms with E-state index in [1.54, 1.807) is 18.2 Å². The number of anilines is 2. The van der Waals surface area contributed by atoms with Gasteiger partial charge in [0.1, 0.15) is 5.75 Å². The van der Waals surface area contributed by atoms with Gasteiger partial charge >= 0.3 is 6.03 Å². The summed E-state index contributed by atoms with van der Waals surface area (Å²) in [7, 11) is 1.54. The number of halogens is 1. The number of aryl methyl sites for hydroxylation is 1. The molecule has 0 fully saturated rings. The zero-order chi connectivity index (χ0) is 14.5. The predicted octanol–water partition coefficient (Wildman–Crippen LogP) is 4.30. The number of methoxy groups -OCH3 is 1. The molecule has 0 aliphatic rings. The van der Waals surface area contributed by atoms with Crippen LogP contribution in [0.5, 0.6) is 5.75 Å². The van der Waals surface area contributed by atoms with Gasteiger partial charge in [0.25, 0.3) is 0 Å². The van der Waals surface area contributed by atoms with E-state index in [2.05, 4.69) is 10.6 Å². The van der Waals surface area contributed by atoms with Crippen LogP contribution in [0.25, 0.3) is 0 Å². The molecule has 5 heteroatoms. The highest BCUT2D eigenvalue weighted by molar-refractivity contribution is 6.31. The number of urea groups is 1. The van der Waals surface area contributed by atoms with Crippen LogP contribution in [0, 0.1) is 6.92 Å². The van der Waals surface area contributed by atoms with Gasteiger partial charge in [-0.25, -0.2) is 4.79 Å². The highest BCUT2D eigenvalue weighted by atomic mass is 35.5.